The van der Waals surface area contributed by atoms with E-state index in [1.807, 2.05) is 0 Å². The largest absolute Gasteiger partial charge is 0.477 e. The third kappa shape index (κ3) is 1.00. The molecule has 2 aromatic heterocycles. The minimum absolute atomic E-state index is 0.0932. The van der Waals surface area contributed by atoms with E-state index >= 15 is 0 Å². The molecule has 0 saturated carbocycles. The molecule has 0 amide bonds. The number of carboxylic acids is 1. The number of nitrogens with one attached hydrogen (secondary N) is 1. The highest BCUT2D eigenvalue weighted by molar-refractivity contribution is 5.86. The lowest BCUT2D eigenvalue weighted by molar-refractivity contribution is 0.0688. The van der Waals surface area contributed by atoms with Gasteiger partial charge in [-0.1, -0.05) is 6.07 Å². The van der Waals surface area contributed by atoms with Crippen LogP contribution in [0.25, 0.3) is 5.65 Å². The first-order valence-corrected chi connectivity index (χ1v) is 3.91. The van der Waals surface area contributed by atoms with Crippen molar-refractivity contribution in [3.8, 4) is 0 Å². The number of nitrogens with zero attached hydrogens (tertiary/aromatic N) is 2. The number of H-pyrrole nitrogens is 1. The highest BCUT2D eigenvalue weighted by Crippen LogP contribution is 2.07. The molecule has 0 aliphatic carbocycles. The van der Waals surface area contributed by atoms with Gasteiger partial charge in [0.1, 0.15) is 5.69 Å². The molecule has 0 aromatic carbocycles. The number of aromatic amines is 1. The van der Waals surface area contributed by atoms with Crippen LogP contribution in [0.1, 0.15) is 16.1 Å². The maximum Gasteiger partial charge on any atom is 0.353 e. The molecule has 0 bridgehead atoms. The number of carbonyl (C=O) groups is 1. The normalized spacial score (nSPS) is 10.6. The van der Waals surface area contributed by atoms with Crippen molar-refractivity contribution in [2.45, 2.75) is 6.92 Å². The summed E-state index contributed by atoms with van der Waals surface area (Å²) in [6.07, 6.45) is 0. The van der Waals surface area contributed by atoms with Crippen molar-refractivity contribution in [1.29, 1.82) is 0 Å². The first-order chi connectivity index (χ1) is 6.61. The average molecular weight is 193 g/mol. The van der Waals surface area contributed by atoms with E-state index in [1.165, 1.54) is 6.07 Å². The van der Waals surface area contributed by atoms with E-state index in [1.54, 1.807) is 13.0 Å². The van der Waals surface area contributed by atoms with Gasteiger partial charge in [-0.15, -0.1) is 0 Å². The van der Waals surface area contributed by atoms with Gasteiger partial charge in [0.05, 0.1) is 0 Å². The number of rotatable bonds is 1. The van der Waals surface area contributed by atoms with E-state index in [9.17, 15) is 9.59 Å². The number of hydrogen-bond donors (Lipinski definition) is 2. The molecule has 0 atom stereocenters. The number of hydrogen-bond acceptors (Lipinski definition) is 3. The minimum atomic E-state index is -1.15. The Labute approximate surface area is 77.8 Å². The molecule has 0 saturated heterocycles. The lowest BCUT2D eigenvalue weighted by Gasteiger charge is -1.99. The number of fused-ring (bicyclic) bond motifs is 1. The number of carboxylic acid groups (broad SMARTS) is 1. The second-order valence-electron chi connectivity index (χ2n) is 2.89. The van der Waals surface area contributed by atoms with E-state index in [-0.39, 0.29) is 5.69 Å². The van der Waals surface area contributed by atoms with Crippen LogP contribution in [0.3, 0.4) is 0 Å². The van der Waals surface area contributed by atoms with Gasteiger partial charge in [-0.2, -0.15) is 5.10 Å². The van der Waals surface area contributed by atoms with Crippen molar-refractivity contribution in [3.63, 3.8) is 0 Å². The van der Waals surface area contributed by atoms with Crippen LogP contribution in [0, 0.1) is 6.92 Å². The molecule has 0 fully saturated rings. The van der Waals surface area contributed by atoms with E-state index in [2.05, 4.69) is 10.2 Å². The quantitative estimate of drug-likeness (QED) is 0.668. The van der Waals surface area contributed by atoms with Crippen LogP contribution in [-0.2, 0) is 0 Å². The summed E-state index contributed by atoms with van der Waals surface area (Å²) in [7, 11) is 0. The molecule has 2 rings (SSSR count). The van der Waals surface area contributed by atoms with Gasteiger partial charge in [0.25, 0.3) is 0 Å². The molecule has 2 heterocycles. The van der Waals surface area contributed by atoms with Crippen LogP contribution in [0.2, 0.25) is 0 Å². The zero-order chi connectivity index (χ0) is 10.3. The zero-order valence-electron chi connectivity index (χ0n) is 7.31. The second-order valence-corrected chi connectivity index (χ2v) is 2.89. The fourth-order valence-electron chi connectivity index (χ4n) is 1.30. The van der Waals surface area contributed by atoms with E-state index in [4.69, 9.17) is 5.11 Å². The minimum Gasteiger partial charge on any atom is -0.477 e. The van der Waals surface area contributed by atoms with Gasteiger partial charge in [-0.25, -0.2) is 19.1 Å². The third-order valence-electron chi connectivity index (χ3n) is 1.98. The molecule has 14 heavy (non-hydrogen) atoms. The van der Waals surface area contributed by atoms with Crippen LogP contribution in [0.5, 0.6) is 0 Å². The summed E-state index contributed by atoms with van der Waals surface area (Å²) in [5, 5.41) is 14.7. The molecule has 6 nitrogen and oxygen atoms in total. The monoisotopic (exact) mass is 193 g/mol. The fourth-order valence-corrected chi connectivity index (χ4v) is 1.30. The Morgan fingerprint density at radius 2 is 2.29 bits per heavy atom. The van der Waals surface area contributed by atoms with Crippen molar-refractivity contribution in [3.05, 3.63) is 33.9 Å². The van der Waals surface area contributed by atoms with Gasteiger partial charge >= 0.3 is 11.7 Å². The van der Waals surface area contributed by atoms with Crippen LogP contribution in [0.15, 0.2) is 16.9 Å². The molecule has 0 aliphatic heterocycles. The molecular weight excluding hydrogens is 186 g/mol. The van der Waals surface area contributed by atoms with Crippen LogP contribution < -0.4 is 5.69 Å². The van der Waals surface area contributed by atoms with E-state index in [0.717, 1.165) is 9.96 Å². The Balaban J connectivity index is 3.00. The summed E-state index contributed by atoms with van der Waals surface area (Å²) < 4.78 is 1.04. The Hall–Kier alpha value is -2.11. The Kier molecular flexibility index (Phi) is 1.63. The lowest BCUT2D eigenvalue weighted by Crippen LogP contribution is -2.17. The molecule has 2 N–H and O–H groups in total. The smallest absolute Gasteiger partial charge is 0.353 e. The first-order valence-electron chi connectivity index (χ1n) is 3.91. The maximum atomic E-state index is 11.2. The van der Waals surface area contributed by atoms with Crippen molar-refractivity contribution in [2.75, 3.05) is 0 Å². The third-order valence-corrected chi connectivity index (χ3v) is 1.98. The topological polar surface area (TPSA) is 87.5 Å². The summed E-state index contributed by atoms with van der Waals surface area (Å²) in [5.74, 6) is -1.15. The van der Waals surface area contributed by atoms with Gasteiger partial charge in [-0.3, -0.25) is 0 Å². The van der Waals surface area contributed by atoms with Gasteiger partial charge in [-0.05, 0) is 18.6 Å². The van der Waals surface area contributed by atoms with Crippen molar-refractivity contribution < 1.29 is 9.90 Å². The molecular formula is C8H7N3O3. The highest BCUT2D eigenvalue weighted by atomic mass is 16.4. The SMILES string of the molecule is Cc1ccc(C(=O)O)n2c(=O)[nH]nc12. The zero-order valence-corrected chi connectivity index (χ0v) is 7.31. The van der Waals surface area contributed by atoms with Gasteiger partial charge in [0.15, 0.2) is 5.65 Å². The van der Waals surface area contributed by atoms with Crippen LogP contribution >= 0.6 is 0 Å². The second kappa shape index (κ2) is 2.69. The molecule has 0 spiro atoms. The maximum absolute atomic E-state index is 11.2. The Morgan fingerprint density at radius 1 is 1.57 bits per heavy atom. The summed E-state index contributed by atoms with van der Waals surface area (Å²) in [6.45, 7) is 1.75. The first kappa shape index (κ1) is 8.49. The summed E-state index contributed by atoms with van der Waals surface area (Å²) >= 11 is 0. The summed E-state index contributed by atoms with van der Waals surface area (Å²) in [6, 6.07) is 2.99. The predicted molar refractivity (Wildman–Crippen MR) is 47.5 cm³/mol. The lowest BCUT2D eigenvalue weighted by atomic mass is 10.2. The Morgan fingerprint density at radius 3 is 2.93 bits per heavy atom. The average Bonchev–Trinajstić information content (AvgIpc) is 2.50. The summed E-state index contributed by atoms with van der Waals surface area (Å²) in [5.41, 5.74) is 0.453. The van der Waals surface area contributed by atoms with Crippen molar-refractivity contribution in [1.82, 2.24) is 14.6 Å². The number of pyridine rings is 1. The van der Waals surface area contributed by atoms with Crippen molar-refractivity contribution >= 4 is 11.6 Å². The molecule has 2 aromatic rings. The predicted octanol–water partition coefficient (Wildman–Crippen LogP) is 0.0292. The fraction of sp³-hybridized carbons (Fsp3) is 0.125. The molecule has 0 unspecified atom stereocenters. The number of aromatic carboxylic acids is 1. The van der Waals surface area contributed by atoms with E-state index in [0.29, 0.717) is 5.65 Å². The molecule has 72 valence electrons. The standard InChI is InChI=1S/C8H7N3O3/c1-4-2-3-5(7(12)13)11-6(4)9-10-8(11)14/h2-3H,1H3,(H,10,14)(H,12,13). The van der Waals surface area contributed by atoms with Crippen molar-refractivity contribution in [2.24, 2.45) is 0 Å². The molecule has 0 aliphatic rings. The molecule has 6 heteroatoms. The highest BCUT2D eigenvalue weighted by Gasteiger charge is 2.12. The van der Waals surface area contributed by atoms with E-state index < -0.39 is 11.7 Å². The van der Waals surface area contributed by atoms with Gasteiger partial charge in [0, 0.05) is 0 Å². The number of aryl methyl sites for hydroxylation is 1. The molecule has 0 radical (unpaired) electrons. The van der Waals surface area contributed by atoms with Gasteiger partial charge in [0.2, 0.25) is 0 Å². The van der Waals surface area contributed by atoms with Gasteiger partial charge < -0.3 is 5.11 Å². The van der Waals surface area contributed by atoms with Crippen LogP contribution in [-0.4, -0.2) is 25.7 Å². The number of aromatic nitrogens is 3. The summed E-state index contributed by atoms with van der Waals surface area (Å²) in [4.78, 5) is 22.0. The van der Waals surface area contributed by atoms with Crippen LogP contribution in [0.4, 0.5) is 0 Å². The Bertz CT molecular complexity index is 567.